The predicted octanol–water partition coefficient (Wildman–Crippen LogP) is 4.43. The van der Waals surface area contributed by atoms with E-state index in [2.05, 4.69) is 49.4 Å². The molecule has 0 radical (unpaired) electrons. The lowest BCUT2D eigenvalue weighted by Gasteiger charge is -2.13. The van der Waals surface area contributed by atoms with Crippen molar-refractivity contribution in [2.75, 3.05) is 18.4 Å². The number of amides is 1. The first kappa shape index (κ1) is 21.2. The molecule has 0 atom stereocenters. The standard InChI is InChI=1S/C19H20Br2N2O4/c1-2-6-22-14-5-3-4-12(7-14)11-27-18-15(20)8-13(9-16(18)21)19(26)23-10-17(24)25/h3-5,7-9,22H,2,6,10-11H2,1H3,(H,23,26)(H,24,25). The molecule has 2 rings (SSSR count). The topological polar surface area (TPSA) is 87.7 Å². The fourth-order valence-electron chi connectivity index (χ4n) is 2.28. The summed E-state index contributed by atoms with van der Waals surface area (Å²) in [5, 5.41) is 14.3. The first-order valence-corrected chi connectivity index (χ1v) is 9.94. The van der Waals surface area contributed by atoms with Crippen LogP contribution < -0.4 is 15.4 Å². The monoisotopic (exact) mass is 498 g/mol. The minimum atomic E-state index is -1.10. The Labute approximate surface area is 174 Å². The van der Waals surface area contributed by atoms with Gasteiger partial charge in [-0.2, -0.15) is 0 Å². The van der Waals surface area contributed by atoms with E-state index < -0.39 is 18.4 Å². The zero-order chi connectivity index (χ0) is 19.8. The highest BCUT2D eigenvalue weighted by Gasteiger charge is 2.14. The van der Waals surface area contributed by atoms with Crippen molar-refractivity contribution in [1.82, 2.24) is 5.32 Å². The third kappa shape index (κ3) is 6.55. The van der Waals surface area contributed by atoms with E-state index in [4.69, 9.17) is 9.84 Å². The van der Waals surface area contributed by atoms with Gasteiger partial charge in [0.25, 0.3) is 5.91 Å². The van der Waals surface area contributed by atoms with E-state index in [-0.39, 0.29) is 0 Å². The van der Waals surface area contributed by atoms with Gasteiger partial charge in [-0.1, -0.05) is 19.1 Å². The molecule has 8 heteroatoms. The van der Waals surface area contributed by atoms with Crippen molar-refractivity contribution >= 4 is 49.4 Å². The summed E-state index contributed by atoms with van der Waals surface area (Å²) < 4.78 is 7.09. The summed E-state index contributed by atoms with van der Waals surface area (Å²) in [5.41, 5.74) is 2.38. The number of aliphatic carboxylic acids is 1. The molecule has 2 aromatic rings. The maximum atomic E-state index is 12.0. The number of carboxylic acids is 1. The largest absolute Gasteiger partial charge is 0.487 e. The van der Waals surface area contributed by atoms with Crippen LogP contribution in [-0.4, -0.2) is 30.1 Å². The highest BCUT2D eigenvalue weighted by Crippen LogP contribution is 2.35. The normalized spacial score (nSPS) is 10.3. The number of anilines is 1. The second-order valence-electron chi connectivity index (χ2n) is 5.76. The van der Waals surface area contributed by atoms with Gasteiger partial charge in [-0.05, 0) is 68.1 Å². The van der Waals surface area contributed by atoms with Crippen molar-refractivity contribution in [2.24, 2.45) is 0 Å². The van der Waals surface area contributed by atoms with Gasteiger partial charge in [0.15, 0.2) is 0 Å². The molecule has 6 nitrogen and oxygen atoms in total. The van der Waals surface area contributed by atoms with Crippen LogP contribution in [0.1, 0.15) is 29.3 Å². The molecule has 0 aliphatic carbocycles. The lowest BCUT2D eigenvalue weighted by molar-refractivity contribution is -0.135. The Bertz CT molecular complexity index is 804. The average Bonchev–Trinajstić information content (AvgIpc) is 2.63. The molecular weight excluding hydrogens is 480 g/mol. The number of nitrogens with one attached hydrogen (secondary N) is 2. The molecule has 0 saturated heterocycles. The number of hydrogen-bond acceptors (Lipinski definition) is 4. The third-order valence-electron chi connectivity index (χ3n) is 3.55. The van der Waals surface area contributed by atoms with Gasteiger partial charge in [0.1, 0.15) is 18.9 Å². The van der Waals surface area contributed by atoms with E-state index >= 15 is 0 Å². The molecule has 0 aliphatic heterocycles. The maximum absolute atomic E-state index is 12.0. The average molecular weight is 500 g/mol. The highest BCUT2D eigenvalue weighted by atomic mass is 79.9. The number of ether oxygens (including phenoxy) is 1. The lowest BCUT2D eigenvalue weighted by Crippen LogP contribution is -2.29. The molecule has 0 fully saturated rings. The lowest BCUT2D eigenvalue weighted by atomic mass is 10.2. The Kier molecular flexibility index (Phi) is 8.12. The first-order valence-electron chi connectivity index (χ1n) is 8.35. The summed E-state index contributed by atoms with van der Waals surface area (Å²) in [6.45, 7) is 2.95. The zero-order valence-electron chi connectivity index (χ0n) is 14.7. The van der Waals surface area contributed by atoms with Gasteiger partial charge in [0, 0.05) is 17.8 Å². The molecule has 0 saturated carbocycles. The number of rotatable bonds is 9. The molecule has 0 spiro atoms. The molecule has 2 aromatic carbocycles. The van der Waals surface area contributed by atoms with Crippen molar-refractivity contribution in [3.8, 4) is 5.75 Å². The summed E-state index contributed by atoms with van der Waals surface area (Å²) in [5.74, 6) is -1.01. The van der Waals surface area contributed by atoms with Crippen LogP contribution >= 0.6 is 31.9 Å². The Hall–Kier alpha value is -2.06. The fourth-order valence-corrected chi connectivity index (χ4v) is 3.70. The minimum Gasteiger partial charge on any atom is -0.487 e. The van der Waals surface area contributed by atoms with E-state index in [0.717, 1.165) is 24.2 Å². The molecule has 0 aliphatic rings. The van der Waals surface area contributed by atoms with E-state index in [1.165, 1.54) is 0 Å². The minimum absolute atomic E-state index is 0.327. The van der Waals surface area contributed by atoms with Crippen molar-refractivity contribution in [2.45, 2.75) is 20.0 Å². The van der Waals surface area contributed by atoms with Crippen LogP contribution in [0.15, 0.2) is 45.3 Å². The molecule has 144 valence electrons. The zero-order valence-corrected chi connectivity index (χ0v) is 17.9. The summed E-state index contributed by atoms with van der Waals surface area (Å²) in [7, 11) is 0. The molecule has 0 aromatic heterocycles. The van der Waals surface area contributed by atoms with E-state index in [0.29, 0.717) is 26.9 Å². The highest BCUT2D eigenvalue weighted by molar-refractivity contribution is 9.11. The van der Waals surface area contributed by atoms with Crippen LogP contribution in [0.25, 0.3) is 0 Å². The summed E-state index contributed by atoms with van der Waals surface area (Å²) in [4.78, 5) is 22.6. The van der Waals surface area contributed by atoms with Crippen LogP contribution in [0.5, 0.6) is 5.75 Å². The number of hydrogen-bond donors (Lipinski definition) is 3. The smallest absolute Gasteiger partial charge is 0.322 e. The summed E-state index contributed by atoms with van der Waals surface area (Å²) in [6.07, 6.45) is 1.05. The Balaban J connectivity index is 2.07. The van der Waals surface area contributed by atoms with Gasteiger partial charge in [-0.3, -0.25) is 9.59 Å². The van der Waals surface area contributed by atoms with Crippen molar-refractivity contribution < 1.29 is 19.4 Å². The van der Waals surface area contributed by atoms with Crippen molar-refractivity contribution in [3.63, 3.8) is 0 Å². The summed E-state index contributed by atoms with van der Waals surface area (Å²) in [6, 6.07) is 11.2. The van der Waals surface area contributed by atoms with Crippen LogP contribution in [0.2, 0.25) is 0 Å². The van der Waals surface area contributed by atoms with E-state index in [9.17, 15) is 9.59 Å². The van der Waals surface area contributed by atoms with Crippen LogP contribution in [0, 0.1) is 0 Å². The molecule has 27 heavy (non-hydrogen) atoms. The molecule has 3 N–H and O–H groups in total. The Morgan fingerprint density at radius 2 is 1.85 bits per heavy atom. The SMILES string of the molecule is CCCNc1cccc(COc2c(Br)cc(C(=O)NCC(=O)O)cc2Br)c1. The van der Waals surface area contributed by atoms with Gasteiger partial charge < -0.3 is 20.5 Å². The number of carboxylic acid groups (broad SMARTS) is 1. The van der Waals surface area contributed by atoms with Crippen LogP contribution in [0.3, 0.4) is 0 Å². The molecule has 0 unspecified atom stereocenters. The Morgan fingerprint density at radius 1 is 1.15 bits per heavy atom. The molecule has 0 bridgehead atoms. The molecule has 0 heterocycles. The van der Waals surface area contributed by atoms with Crippen LogP contribution in [-0.2, 0) is 11.4 Å². The van der Waals surface area contributed by atoms with Gasteiger partial charge in [0.05, 0.1) is 8.95 Å². The Morgan fingerprint density at radius 3 is 2.48 bits per heavy atom. The van der Waals surface area contributed by atoms with Crippen LogP contribution in [0.4, 0.5) is 5.69 Å². The van der Waals surface area contributed by atoms with Crippen molar-refractivity contribution in [3.05, 3.63) is 56.5 Å². The number of benzene rings is 2. The summed E-state index contributed by atoms with van der Waals surface area (Å²) >= 11 is 6.81. The number of carbonyl (C=O) groups excluding carboxylic acids is 1. The van der Waals surface area contributed by atoms with E-state index in [1.54, 1.807) is 12.1 Å². The number of halogens is 2. The maximum Gasteiger partial charge on any atom is 0.322 e. The van der Waals surface area contributed by atoms with Crippen molar-refractivity contribution in [1.29, 1.82) is 0 Å². The van der Waals surface area contributed by atoms with Gasteiger partial charge in [-0.15, -0.1) is 0 Å². The number of carbonyl (C=O) groups is 2. The molecule has 1 amide bonds. The van der Waals surface area contributed by atoms with Gasteiger partial charge >= 0.3 is 5.97 Å². The predicted molar refractivity (Wildman–Crippen MR) is 111 cm³/mol. The van der Waals surface area contributed by atoms with E-state index in [1.807, 2.05) is 24.3 Å². The molecular formula is C19H20Br2N2O4. The third-order valence-corrected chi connectivity index (χ3v) is 4.73. The first-order chi connectivity index (χ1) is 12.9. The van der Waals surface area contributed by atoms with Gasteiger partial charge in [0.2, 0.25) is 0 Å². The second kappa shape index (κ2) is 10.3. The fraction of sp³-hybridized carbons (Fsp3) is 0.263. The van der Waals surface area contributed by atoms with Gasteiger partial charge in [-0.25, -0.2) is 0 Å². The quantitative estimate of drug-likeness (QED) is 0.475. The second-order valence-corrected chi connectivity index (χ2v) is 7.47.